The minimum atomic E-state index is 0. The van der Waals surface area contributed by atoms with Gasteiger partial charge in [-0.1, -0.05) is 6.92 Å². The zero-order chi connectivity index (χ0) is 10.7. The number of hydrogen-bond donors (Lipinski definition) is 2. The predicted octanol–water partition coefficient (Wildman–Crippen LogP) is 2.56. The summed E-state index contributed by atoms with van der Waals surface area (Å²) < 4.78 is 0. The minimum Gasteiger partial charge on any atom is -0.397 e. The molecule has 0 aliphatic rings. The number of halogens is 1. The number of nitrogens with two attached hydrogens (primary N) is 2. The second-order valence-electron chi connectivity index (χ2n) is 3.47. The van der Waals surface area contributed by atoms with Crippen molar-refractivity contribution in [1.82, 2.24) is 0 Å². The summed E-state index contributed by atoms with van der Waals surface area (Å²) in [6.07, 6.45) is 1.41. The Balaban J connectivity index is 0.00000196. The van der Waals surface area contributed by atoms with Crippen LogP contribution in [-0.2, 0) is 0 Å². The molecule has 0 fully saturated rings. The number of aryl methyl sites for hydroxylation is 1. The number of carbonyl (C=O) groups excluding carboxylic acids is 1. The number of carbonyl (C=O) groups is 1. The van der Waals surface area contributed by atoms with Gasteiger partial charge < -0.3 is 11.5 Å². The molecule has 0 atom stereocenters. The molecule has 1 aromatic carbocycles. The van der Waals surface area contributed by atoms with E-state index in [4.69, 9.17) is 11.5 Å². The van der Waals surface area contributed by atoms with Crippen molar-refractivity contribution in [3.63, 3.8) is 0 Å². The summed E-state index contributed by atoms with van der Waals surface area (Å²) in [6, 6.07) is 3.42. The molecule has 0 aliphatic heterocycles. The van der Waals surface area contributed by atoms with Crippen LogP contribution in [-0.4, -0.2) is 5.78 Å². The highest BCUT2D eigenvalue weighted by atomic mass is 35.5. The Morgan fingerprint density at radius 2 is 1.80 bits per heavy atom. The maximum atomic E-state index is 11.6. The van der Waals surface area contributed by atoms with Gasteiger partial charge in [0.25, 0.3) is 0 Å². The molecule has 1 aromatic rings. The molecule has 3 nitrogen and oxygen atoms in total. The largest absolute Gasteiger partial charge is 0.397 e. The Bertz CT molecular complexity index is 364. The van der Waals surface area contributed by atoms with Gasteiger partial charge >= 0.3 is 0 Å². The van der Waals surface area contributed by atoms with Crippen molar-refractivity contribution in [2.75, 3.05) is 11.5 Å². The van der Waals surface area contributed by atoms with E-state index in [1.807, 2.05) is 13.8 Å². The standard InChI is InChI=1S/C11H16N2O.ClH/c1-3-4-11(14)8-6-10(13)9(12)5-7(8)2;/h5-6H,3-4,12-13H2,1-2H3;1H. The second-order valence-corrected chi connectivity index (χ2v) is 3.47. The fraction of sp³-hybridized carbons (Fsp3) is 0.364. The zero-order valence-electron chi connectivity index (χ0n) is 9.04. The van der Waals surface area contributed by atoms with Crippen LogP contribution in [0.15, 0.2) is 12.1 Å². The maximum absolute atomic E-state index is 11.6. The van der Waals surface area contributed by atoms with Crippen LogP contribution >= 0.6 is 12.4 Å². The number of anilines is 2. The number of Topliss-reactive ketones (excluding diaryl/α,β-unsaturated/α-hetero) is 1. The van der Waals surface area contributed by atoms with Crippen molar-refractivity contribution in [1.29, 1.82) is 0 Å². The molecular weight excluding hydrogens is 212 g/mol. The first-order valence-electron chi connectivity index (χ1n) is 4.75. The average molecular weight is 229 g/mol. The van der Waals surface area contributed by atoms with Crippen molar-refractivity contribution in [3.05, 3.63) is 23.3 Å². The van der Waals surface area contributed by atoms with E-state index in [0.29, 0.717) is 23.4 Å². The van der Waals surface area contributed by atoms with E-state index in [1.165, 1.54) is 0 Å². The summed E-state index contributed by atoms with van der Waals surface area (Å²) in [6.45, 7) is 3.85. The third-order valence-electron chi connectivity index (χ3n) is 2.21. The lowest BCUT2D eigenvalue weighted by atomic mass is 10.0. The monoisotopic (exact) mass is 228 g/mol. The highest BCUT2D eigenvalue weighted by molar-refractivity contribution is 5.99. The first-order valence-corrected chi connectivity index (χ1v) is 4.75. The number of nitrogen functional groups attached to an aromatic ring is 2. The van der Waals surface area contributed by atoms with Crippen LogP contribution in [0.25, 0.3) is 0 Å². The Kier molecular flexibility index (Phi) is 5.15. The molecule has 0 saturated heterocycles. The molecule has 0 aliphatic carbocycles. The van der Waals surface area contributed by atoms with Gasteiger partial charge in [0.15, 0.2) is 5.78 Å². The number of rotatable bonds is 3. The summed E-state index contributed by atoms with van der Waals surface area (Å²) >= 11 is 0. The molecule has 0 amide bonds. The highest BCUT2D eigenvalue weighted by Crippen LogP contribution is 2.21. The summed E-state index contributed by atoms with van der Waals surface area (Å²) in [7, 11) is 0. The molecule has 0 heterocycles. The quantitative estimate of drug-likeness (QED) is 0.617. The van der Waals surface area contributed by atoms with E-state index < -0.39 is 0 Å². The van der Waals surface area contributed by atoms with Crippen molar-refractivity contribution < 1.29 is 4.79 Å². The Morgan fingerprint density at radius 1 is 1.27 bits per heavy atom. The SMILES string of the molecule is CCCC(=O)c1cc(N)c(N)cc1C.Cl. The van der Waals surface area contributed by atoms with Gasteiger partial charge in [0.1, 0.15) is 0 Å². The van der Waals surface area contributed by atoms with Gasteiger partial charge in [-0.2, -0.15) is 0 Å². The summed E-state index contributed by atoms with van der Waals surface area (Å²) in [5, 5.41) is 0. The van der Waals surface area contributed by atoms with Crippen LogP contribution in [0, 0.1) is 6.92 Å². The third-order valence-corrected chi connectivity index (χ3v) is 2.21. The lowest BCUT2D eigenvalue weighted by Crippen LogP contribution is -2.04. The van der Waals surface area contributed by atoms with Gasteiger partial charge in [-0.15, -0.1) is 12.4 Å². The van der Waals surface area contributed by atoms with Gasteiger partial charge in [0.2, 0.25) is 0 Å². The molecule has 0 saturated carbocycles. The summed E-state index contributed by atoms with van der Waals surface area (Å²) in [5.41, 5.74) is 13.9. The van der Waals surface area contributed by atoms with Crippen molar-refractivity contribution in [2.45, 2.75) is 26.7 Å². The fourth-order valence-electron chi connectivity index (χ4n) is 1.41. The average Bonchev–Trinajstić information content (AvgIpc) is 2.11. The first kappa shape index (κ1) is 13.8. The molecule has 0 aromatic heterocycles. The number of hydrogen-bond acceptors (Lipinski definition) is 3. The predicted molar refractivity (Wildman–Crippen MR) is 66.5 cm³/mol. The minimum absolute atomic E-state index is 0. The van der Waals surface area contributed by atoms with Crippen LogP contribution in [0.2, 0.25) is 0 Å². The number of benzene rings is 1. The van der Waals surface area contributed by atoms with Crippen LogP contribution < -0.4 is 11.5 Å². The van der Waals surface area contributed by atoms with Crippen LogP contribution in [0.4, 0.5) is 11.4 Å². The molecule has 15 heavy (non-hydrogen) atoms. The molecule has 84 valence electrons. The Labute approximate surface area is 96.3 Å². The Hall–Kier alpha value is -1.22. The van der Waals surface area contributed by atoms with Crippen molar-refractivity contribution in [2.24, 2.45) is 0 Å². The molecule has 0 spiro atoms. The maximum Gasteiger partial charge on any atom is 0.163 e. The molecule has 4 N–H and O–H groups in total. The van der Waals surface area contributed by atoms with Gasteiger partial charge in [0.05, 0.1) is 11.4 Å². The normalized spacial score (nSPS) is 9.47. The van der Waals surface area contributed by atoms with E-state index in [0.717, 1.165) is 12.0 Å². The fourth-order valence-corrected chi connectivity index (χ4v) is 1.41. The molecule has 1 rings (SSSR count). The smallest absolute Gasteiger partial charge is 0.163 e. The lowest BCUT2D eigenvalue weighted by Gasteiger charge is -2.07. The first-order chi connectivity index (χ1) is 6.56. The van der Waals surface area contributed by atoms with Crippen LogP contribution in [0.3, 0.4) is 0 Å². The highest BCUT2D eigenvalue weighted by Gasteiger charge is 2.09. The van der Waals surface area contributed by atoms with E-state index in [2.05, 4.69) is 0 Å². The summed E-state index contributed by atoms with van der Waals surface area (Å²) in [5.74, 6) is 0.136. The van der Waals surface area contributed by atoms with Crippen LogP contribution in [0.5, 0.6) is 0 Å². The van der Waals surface area contributed by atoms with Gasteiger partial charge in [0, 0.05) is 12.0 Å². The molecular formula is C11H17ClN2O. The van der Waals surface area contributed by atoms with Gasteiger partial charge in [-0.25, -0.2) is 0 Å². The molecule has 0 unspecified atom stereocenters. The van der Waals surface area contributed by atoms with Crippen molar-refractivity contribution in [3.8, 4) is 0 Å². The van der Waals surface area contributed by atoms with E-state index in [-0.39, 0.29) is 18.2 Å². The Morgan fingerprint density at radius 3 is 2.33 bits per heavy atom. The van der Waals surface area contributed by atoms with Crippen molar-refractivity contribution >= 4 is 29.6 Å². The van der Waals surface area contributed by atoms with E-state index in [9.17, 15) is 4.79 Å². The zero-order valence-corrected chi connectivity index (χ0v) is 9.86. The summed E-state index contributed by atoms with van der Waals surface area (Å²) in [4.78, 5) is 11.6. The number of ketones is 1. The molecule has 0 bridgehead atoms. The molecule has 0 radical (unpaired) electrons. The molecule has 4 heteroatoms. The van der Waals surface area contributed by atoms with Gasteiger partial charge in [-0.3, -0.25) is 4.79 Å². The second kappa shape index (κ2) is 5.61. The topological polar surface area (TPSA) is 69.1 Å². The van der Waals surface area contributed by atoms with E-state index >= 15 is 0 Å². The van der Waals surface area contributed by atoms with E-state index in [1.54, 1.807) is 12.1 Å². The third kappa shape index (κ3) is 3.13. The lowest BCUT2D eigenvalue weighted by molar-refractivity contribution is 0.0981. The van der Waals surface area contributed by atoms with Crippen LogP contribution in [0.1, 0.15) is 35.7 Å². The van der Waals surface area contributed by atoms with Gasteiger partial charge in [-0.05, 0) is 31.0 Å².